The third kappa shape index (κ3) is 2.17. The van der Waals surface area contributed by atoms with E-state index in [1.165, 1.54) is 12.5 Å². The summed E-state index contributed by atoms with van der Waals surface area (Å²) in [6.07, 6.45) is 3.51. The van der Waals surface area contributed by atoms with Crippen molar-refractivity contribution in [2.75, 3.05) is 11.4 Å². The Labute approximate surface area is 101 Å². The Kier molecular flexibility index (Phi) is 3.70. The number of rotatable bonds is 2. The van der Waals surface area contributed by atoms with E-state index in [0.29, 0.717) is 17.6 Å². The molecule has 1 aromatic carbocycles. The normalized spacial score (nSPS) is 21.2. The predicted octanol–water partition coefficient (Wildman–Crippen LogP) is 3.94. The van der Waals surface area contributed by atoms with Gasteiger partial charge in [0.25, 0.3) is 0 Å². The maximum atomic E-state index is 13.9. The van der Waals surface area contributed by atoms with Gasteiger partial charge in [-0.25, -0.2) is 4.39 Å². The molecule has 1 aromatic rings. The lowest BCUT2D eigenvalue weighted by molar-refractivity contribution is 0.475. The van der Waals surface area contributed by atoms with Crippen molar-refractivity contribution >= 4 is 17.3 Å². The van der Waals surface area contributed by atoms with Crippen LogP contribution in [0.15, 0.2) is 18.2 Å². The molecule has 0 amide bonds. The first kappa shape index (κ1) is 11.7. The van der Waals surface area contributed by atoms with Gasteiger partial charge in [-0.15, -0.1) is 11.6 Å². The zero-order valence-corrected chi connectivity index (χ0v) is 10.3. The molecule has 2 rings (SSSR count). The molecule has 1 nitrogen and oxygen atoms in total. The monoisotopic (exact) mass is 241 g/mol. The van der Waals surface area contributed by atoms with Crippen LogP contribution in [0.5, 0.6) is 0 Å². The molecule has 1 fully saturated rings. The third-order valence-electron chi connectivity index (χ3n) is 3.30. The molecular weight excluding hydrogens is 225 g/mol. The molecule has 1 saturated heterocycles. The van der Waals surface area contributed by atoms with Crippen LogP contribution in [-0.4, -0.2) is 12.6 Å². The highest BCUT2D eigenvalue weighted by Gasteiger charge is 2.23. The maximum Gasteiger partial charge on any atom is 0.146 e. The lowest BCUT2D eigenvalue weighted by atomic mass is 10.0. The minimum absolute atomic E-state index is 0.146. The van der Waals surface area contributed by atoms with Crippen LogP contribution < -0.4 is 4.90 Å². The summed E-state index contributed by atoms with van der Waals surface area (Å²) >= 11 is 5.88. The second-order valence-electron chi connectivity index (χ2n) is 4.42. The van der Waals surface area contributed by atoms with E-state index in [9.17, 15) is 4.39 Å². The maximum absolute atomic E-state index is 13.9. The first-order chi connectivity index (χ1) is 7.74. The molecule has 0 radical (unpaired) electrons. The largest absolute Gasteiger partial charge is 0.366 e. The Morgan fingerprint density at radius 1 is 1.44 bits per heavy atom. The standard InChI is InChI=1S/C13H17ClFN/c1-10-5-2-3-8-16(10)13-11(9-14)6-4-7-12(13)15/h4,6-7,10H,2-3,5,8-9H2,1H3. The van der Waals surface area contributed by atoms with Crippen molar-refractivity contribution in [2.45, 2.75) is 38.1 Å². The summed E-state index contributed by atoms with van der Waals surface area (Å²) < 4.78 is 13.9. The molecule has 0 bridgehead atoms. The minimum Gasteiger partial charge on any atom is -0.366 e. The quantitative estimate of drug-likeness (QED) is 0.709. The summed E-state index contributed by atoms with van der Waals surface area (Å²) in [5, 5.41) is 0. The summed E-state index contributed by atoms with van der Waals surface area (Å²) in [4.78, 5) is 2.16. The van der Waals surface area contributed by atoms with Crippen molar-refractivity contribution < 1.29 is 4.39 Å². The Hall–Kier alpha value is -0.760. The fourth-order valence-corrected chi connectivity index (χ4v) is 2.64. The van der Waals surface area contributed by atoms with Crippen molar-refractivity contribution in [1.82, 2.24) is 0 Å². The SMILES string of the molecule is CC1CCCCN1c1c(F)cccc1CCl. The average molecular weight is 242 g/mol. The van der Waals surface area contributed by atoms with Crippen LogP contribution in [0.3, 0.4) is 0 Å². The first-order valence-electron chi connectivity index (χ1n) is 5.84. The van der Waals surface area contributed by atoms with Crippen molar-refractivity contribution in [2.24, 2.45) is 0 Å². The number of para-hydroxylation sites is 1. The van der Waals surface area contributed by atoms with Crippen LogP contribution in [0, 0.1) is 5.82 Å². The molecule has 1 heterocycles. The van der Waals surface area contributed by atoms with E-state index in [1.54, 1.807) is 6.07 Å². The number of hydrogen-bond donors (Lipinski definition) is 0. The second kappa shape index (κ2) is 5.05. The Morgan fingerprint density at radius 2 is 2.25 bits per heavy atom. The first-order valence-corrected chi connectivity index (χ1v) is 6.37. The number of halogens is 2. The van der Waals surface area contributed by atoms with Crippen LogP contribution in [-0.2, 0) is 5.88 Å². The molecular formula is C13H17ClFN. The molecule has 88 valence electrons. The van der Waals surface area contributed by atoms with Crippen LogP contribution in [0.4, 0.5) is 10.1 Å². The van der Waals surface area contributed by atoms with Gasteiger partial charge in [-0.05, 0) is 37.8 Å². The molecule has 1 aliphatic rings. The summed E-state index contributed by atoms with van der Waals surface area (Å²) in [5.74, 6) is 0.225. The predicted molar refractivity (Wildman–Crippen MR) is 66.6 cm³/mol. The van der Waals surface area contributed by atoms with Crippen molar-refractivity contribution in [3.05, 3.63) is 29.6 Å². The van der Waals surface area contributed by atoms with Gasteiger partial charge in [0.05, 0.1) is 5.69 Å². The third-order valence-corrected chi connectivity index (χ3v) is 3.59. The molecule has 1 aliphatic heterocycles. The lowest BCUT2D eigenvalue weighted by Crippen LogP contribution is -2.38. The molecule has 0 aliphatic carbocycles. The van der Waals surface area contributed by atoms with Gasteiger partial charge in [-0.3, -0.25) is 0 Å². The second-order valence-corrected chi connectivity index (χ2v) is 4.69. The van der Waals surface area contributed by atoms with E-state index in [2.05, 4.69) is 11.8 Å². The topological polar surface area (TPSA) is 3.24 Å². The highest BCUT2D eigenvalue weighted by Crippen LogP contribution is 2.31. The van der Waals surface area contributed by atoms with Gasteiger partial charge in [0.1, 0.15) is 5.82 Å². The molecule has 16 heavy (non-hydrogen) atoms. The molecule has 1 unspecified atom stereocenters. The van der Waals surface area contributed by atoms with E-state index in [1.807, 2.05) is 6.07 Å². The van der Waals surface area contributed by atoms with Crippen molar-refractivity contribution in [3.8, 4) is 0 Å². The fourth-order valence-electron chi connectivity index (χ4n) is 2.42. The number of alkyl halides is 1. The van der Waals surface area contributed by atoms with Gasteiger partial charge in [0.2, 0.25) is 0 Å². The van der Waals surface area contributed by atoms with Crippen LogP contribution in [0.25, 0.3) is 0 Å². The van der Waals surface area contributed by atoms with E-state index in [4.69, 9.17) is 11.6 Å². The molecule has 0 saturated carbocycles. The smallest absolute Gasteiger partial charge is 0.146 e. The highest BCUT2D eigenvalue weighted by molar-refractivity contribution is 6.17. The number of piperidine rings is 1. The Bertz CT molecular complexity index is 367. The van der Waals surface area contributed by atoms with E-state index in [-0.39, 0.29) is 5.82 Å². The van der Waals surface area contributed by atoms with Crippen LogP contribution in [0.2, 0.25) is 0 Å². The number of benzene rings is 1. The zero-order chi connectivity index (χ0) is 11.5. The van der Waals surface area contributed by atoms with E-state index < -0.39 is 0 Å². The molecule has 3 heteroatoms. The molecule has 0 aromatic heterocycles. The zero-order valence-electron chi connectivity index (χ0n) is 9.55. The van der Waals surface area contributed by atoms with E-state index >= 15 is 0 Å². The van der Waals surface area contributed by atoms with Crippen LogP contribution >= 0.6 is 11.6 Å². The number of hydrogen-bond acceptors (Lipinski definition) is 1. The van der Waals surface area contributed by atoms with E-state index in [0.717, 1.165) is 24.9 Å². The fraction of sp³-hybridized carbons (Fsp3) is 0.538. The average Bonchev–Trinajstić information content (AvgIpc) is 2.30. The molecule has 0 N–H and O–H groups in total. The summed E-state index contributed by atoms with van der Waals surface area (Å²) in [6, 6.07) is 5.57. The van der Waals surface area contributed by atoms with Crippen molar-refractivity contribution in [3.63, 3.8) is 0 Å². The van der Waals surface area contributed by atoms with Gasteiger partial charge >= 0.3 is 0 Å². The minimum atomic E-state index is -0.146. The highest BCUT2D eigenvalue weighted by atomic mass is 35.5. The van der Waals surface area contributed by atoms with Crippen LogP contribution in [0.1, 0.15) is 31.7 Å². The summed E-state index contributed by atoms with van der Waals surface area (Å²) in [5.41, 5.74) is 1.61. The summed E-state index contributed by atoms with van der Waals surface area (Å²) in [6.45, 7) is 3.09. The number of nitrogens with zero attached hydrogens (tertiary/aromatic N) is 1. The Balaban J connectivity index is 2.37. The van der Waals surface area contributed by atoms with Gasteiger partial charge in [0, 0.05) is 18.5 Å². The molecule has 1 atom stereocenters. The van der Waals surface area contributed by atoms with Gasteiger partial charge < -0.3 is 4.90 Å². The van der Waals surface area contributed by atoms with Gasteiger partial charge in [-0.1, -0.05) is 12.1 Å². The lowest BCUT2D eigenvalue weighted by Gasteiger charge is -2.36. The Morgan fingerprint density at radius 3 is 2.94 bits per heavy atom. The number of anilines is 1. The van der Waals surface area contributed by atoms with Crippen molar-refractivity contribution in [1.29, 1.82) is 0 Å². The molecule has 0 spiro atoms. The summed E-state index contributed by atoms with van der Waals surface area (Å²) in [7, 11) is 0. The van der Waals surface area contributed by atoms with Gasteiger partial charge in [-0.2, -0.15) is 0 Å². The van der Waals surface area contributed by atoms with Gasteiger partial charge in [0.15, 0.2) is 0 Å².